The van der Waals surface area contributed by atoms with Crippen LogP contribution in [0.25, 0.3) is 0 Å². The second-order valence-corrected chi connectivity index (χ2v) is 10.9. The molecule has 1 aliphatic carbocycles. The summed E-state index contributed by atoms with van der Waals surface area (Å²) in [4.78, 5) is 21.8. The first-order valence-electron chi connectivity index (χ1n) is 12.5. The summed E-state index contributed by atoms with van der Waals surface area (Å²) in [6, 6.07) is 8.54. The number of nitriles is 1. The maximum Gasteiger partial charge on any atom is 0.255 e. The van der Waals surface area contributed by atoms with Crippen LogP contribution in [0.15, 0.2) is 30.6 Å². The lowest BCUT2D eigenvalue weighted by Gasteiger charge is -2.45. The van der Waals surface area contributed by atoms with Gasteiger partial charge in [0.1, 0.15) is 6.07 Å². The highest BCUT2D eigenvalue weighted by Crippen LogP contribution is 2.47. The van der Waals surface area contributed by atoms with Gasteiger partial charge in [0.25, 0.3) is 5.91 Å². The van der Waals surface area contributed by atoms with Crippen LogP contribution in [0.5, 0.6) is 0 Å². The van der Waals surface area contributed by atoms with Gasteiger partial charge in [0.05, 0.1) is 35.1 Å². The number of amides is 1. The van der Waals surface area contributed by atoms with Crippen molar-refractivity contribution in [3.8, 4) is 6.07 Å². The number of fused-ring (bicyclic) bond motifs is 1. The standard InChI is InChI=1S/C28H34N4O2/c1-18(2)26-16-31(10-11-32(26)27(33)20-6-5-9-30-15-20)25-12-21(19-7-8-19)24-17-34-28(3,4)13-22(24)23(25)14-29/h5-6,9,12,15,18-19,26H,7-8,10-11,13,16-17H2,1-4H3. The first-order chi connectivity index (χ1) is 16.3. The minimum Gasteiger partial charge on any atom is -0.371 e. The van der Waals surface area contributed by atoms with Crippen LogP contribution in [0.4, 0.5) is 5.69 Å². The number of ether oxygens (including phenoxy) is 1. The lowest BCUT2D eigenvalue weighted by Crippen LogP contribution is -2.57. The number of pyridine rings is 1. The summed E-state index contributed by atoms with van der Waals surface area (Å²) in [5.74, 6) is 0.913. The Morgan fingerprint density at radius 1 is 1.26 bits per heavy atom. The molecule has 1 amide bonds. The van der Waals surface area contributed by atoms with Gasteiger partial charge < -0.3 is 14.5 Å². The van der Waals surface area contributed by atoms with Gasteiger partial charge in [-0.15, -0.1) is 0 Å². The van der Waals surface area contributed by atoms with Crippen molar-refractivity contribution in [2.24, 2.45) is 5.92 Å². The number of benzene rings is 1. The Labute approximate surface area is 202 Å². The third kappa shape index (κ3) is 4.18. The van der Waals surface area contributed by atoms with E-state index in [1.165, 1.54) is 29.5 Å². The molecule has 0 spiro atoms. The van der Waals surface area contributed by atoms with Crippen LogP contribution in [-0.2, 0) is 17.8 Å². The molecule has 2 fully saturated rings. The average Bonchev–Trinajstić information content (AvgIpc) is 3.67. The van der Waals surface area contributed by atoms with Gasteiger partial charge in [0.2, 0.25) is 0 Å². The zero-order chi connectivity index (χ0) is 24.0. The summed E-state index contributed by atoms with van der Waals surface area (Å²) in [6.07, 6.45) is 6.52. The van der Waals surface area contributed by atoms with E-state index in [-0.39, 0.29) is 17.6 Å². The molecule has 0 N–H and O–H groups in total. The molecule has 3 aliphatic rings. The normalized spacial score (nSPS) is 21.8. The van der Waals surface area contributed by atoms with Crippen LogP contribution in [0, 0.1) is 17.2 Å². The highest BCUT2D eigenvalue weighted by atomic mass is 16.5. The van der Waals surface area contributed by atoms with E-state index >= 15 is 0 Å². The SMILES string of the molecule is CC(C)C1CN(c2cc(C3CC3)c3c(c2C#N)CC(C)(C)OC3)CCN1C(=O)c1cccnc1. The summed E-state index contributed by atoms with van der Waals surface area (Å²) >= 11 is 0. The molecule has 1 aromatic carbocycles. The van der Waals surface area contributed by atoms with E-state index in [1.54, 1.807) is 12.4 Å². The lowest BCUT2D eigenvalue weighted by molar-refractivity contribution is -0.0405. The summed E-state index contributed by atoms with van der Waals surface area (Å²) < 4.78 is 6.15. The topological polar surface area (TPSA) is 69.5 Å². The second kappa shape index (κ2) is 8.70. The molecular weight excluding hydrogens is 424 g/mol. The zero-order valence-electron chi connectivity index (χ0n) is 20.7. The number of carbonyl (C=O) groups excluding carboxylic acids is 1. The molecule has 1 aromatic heterocycles. The van der Waals surface area contributed by atoms with E-state index in [9.17, 15) is 10.1 Å². The Kier molecular flexibility index (Phi) is 5.85. The van der Waals surface area contributed by atoms with E-state index in [0.717, 1.165) is 24.2 Å². The van der Waals surface area contributed by atoms with E-state index in [4.69, 9.17) is 4.74 Å². The molecule has 1 atom stereocenters. The Hall–Kier alpha value is -2.91. The zero-order valence-corrected chi connectivity index (χ0v) is 20.7. The van der Waals surface area contributed by atoms with Gasteiger partial charge in [-0.1, -0.05) is 13.8 Å². The molecule has 34 heavy (non-hydrogen) atoms. The van der Waals surface area contributed by atoms with Crippen molar-refractivity contribution in [2.45, 2.75) is 71.1 Å². The summed E-state index contributed by atoms with van der Waals surface area (Å²) in [6.45, 7) is 11.2. The van der Waals surface area contributed by atoms with Crippen molar-refractivity contribution in [2.75, 3.05) is 24.5 Å². The van der Waals surface area contributed by atoms with Crippen LogP contribution < -0.4 is 4.90 Å². The number of piperazine rings is 1. The predicted octanol–water partition coefficient (Wildman–Crippen LogP) is 4.67. The molecule has 1 saturated carbocycles. The van der Waals surface area contributed by atoms with Crippen LogP contribution in [-0.4, -0.2) is 47.1 Å². The predicted molar refractivity (Wildman–Crippen MR) is 132 cm³/mol. The van der Waals surface area contributed by atoms with Crippen LogP contribution >= 0.6 is 0 Å². The third-order valence-corrected chi connectivity index (χ3v) is 7.60. The maximum atomic E-state index is 13.3. The van der Waals surface area contributed by atoms with Crippen LogP contribution in [0.1, 0.15) is 79.1 Å². The van der Waals surface area contributed by atoms with E-state index in [2.05, 4.69) is 49.7 Å². The van der Waals surface area contributed by atoms with Gasteiger partial charge in [-0.05, 0) is 73.4 Å². The molecule has 1 unspecified atom stereocenters. The Morgan fingerprint density at radius 3 is 2.71 bits per heavy atom. The lowest BCUT2D eigenvalue weighted by atomic mass is 9.83. The molecule has 6 heteroatoms. The number of nitrogens with zero attached hydrogens (tertiary/aromatic N) is 4. The molecule has 0 radical (unpaired) electrons. The monoisotopic (exact) mass is 458 g/mol. The molecule has 1 saturated heterocycles. The second-order valence-electron chi connectivity index (χ2n) is 10.9. The van der Waals surface area contributed by atoms with Gasteiger partial charge in [0.15, 0.2) is 0 Å². The van der Waals surface area contributed by atoms with E-state index in [1.807, 2.05) is 17.0 Å². The summed E-state index contributed by atoms with van der Waals surface area (Å²) in [5.41, 5.74) is 5.99. The van der Waals surface area contributed by atoms with Crippen molar-refractivity contribution in [1.29, 1.82) is 5.26 Å². The quantitative estimate of drug-likeness (QED) is 0.666. The van der Waals surface area contributed by atoms with Crippen molar-refractivity contribution in [3.63, 3.8) is 0 Å². The number of rotatable bonds is 4. The molecule has 178 valence electrons. The van der Waals surface area contributed by atoms with Gasteiger partial charge in [0, 0.05) is 38.4 Å². The smallest absolute Gasteiger partial charge is 0.255 e. The van der Waals surface area contributed by atoms with Crippen molar-refractivity contribution >= 4 is 11.6 Å². The molecular formula is C28H34N4O2. The first-order valence-corrected chi connectivity index (χ1v) is 12.5. The number of carbonyl (C=O) groups is 1. The number of hydrogen-bond acceptors (Lipinski definition) is 5. The third-order valence-electron chi connectivity index (χ3n) is 7.60. The number of anilines is 1. The molecule has 6 nitrogen and oxygen atoms in total. The molecule has 3 heterocycles. The Balaban J connectivity index is 1.50. The van der Waals surface area contributed by atoms with Crippen LogP contribution in [0.2, 0.25) is 0 Å². The fourth-order valence-corrected chi connectivity index (χ4v) is 5.54. The fourth-order valence-electron chi connectivity index (χ4n) is 5.54. The Morgan fingerprint density at radius 2 is 2.06 bits per heavy atom. The molecule has 2 aromatic rings. The summed E-state index contributed by atoms with van der Waals surface area (Å²) in [7, 11) is 0. The highest BCUT2D eigenvalue weighted by molar-refractivity contribution is 5.94. The van der Waals surface area contributed by atoms with Crippen molar-refractivity contribution in [3.05, 3.63) is 58.4 Å². The Bertz CT molecular complexity index is 1130. The first kappa shape index (κ1) is 22.9. The largest absolute Gasteiger partial charge is 0.371 e. The number of aromatic nitrogens is 1. The molecule has 0 bridgehead atoms. The minimum absolute atomic E-state index is 0.0370. The van der Waals surface area contributed by atoms with Crippen LogP contribution in [0.3, 0.4) is 0 Å². The van der Waals surface area contributed by atoms with Gasteiger partial charge in [-0.25, -0.2) is 0 Å². The average molecular weight is 459 g/mol. The van der Waals surface area contributed by atoms with Crippen molar-refractivity contribution < 1.29 is 9.53 Å². The van der Waals surface area contributed by atoms with Gasteiger partial charge >= 0.3 is 0 Å². The molecule has 2 aliphatic heterocycles. The van der Waals surface area contributed by atoms with Crippen molar-refractivity contribution in [1.82, 2.24) is 9.88 Å². The minimum atomic E-state index is -0.270. The van der Waals surface area contributed by atoms with E-state index < -0.39 is 0 Å². The van der Waals surface area contributed by atoms with Gasteiger partial charge in [-0.3, -0.25) is 9.78 Å². The highest BCUT2D eigenvalue weighted by Gasteiger charge is 2.38. The fraction of sp³-hybridized carbons (Fsp3) is 0.536. The molecule has 5 rings (SSSR count). The maximum absolute atomic E-state index is 13.3. The van der Waals surface area contributed by atoms with E-state index in [0.29, 0.717) is 37.1 Å². The van der Waals surface area contributed by atoms with Gasteiger partial charge in [-0.2, -0.15) is 5.26 Å². The summed E-state index contributed by atoms with van der Waals surface area (Å²) in [5, 5.41) is 10.3. The number of hydrogen-bond donors (Lipinski definition) is 0.